The lowest BCUT2D eigenvalue weighted by molar-refractivity contribution is -0.0769. The molecule has 0 spiro atoms. The lowest BCUT2D eigenvalue weighted by atomic mass is 9.73. The largest absolute Gasteiger partial charge is 0.396 e. The third kappa shape index (κ3) is 4.61. The van der Waals surface area contributed by atoms with Crippen molar-refractivity contribution in [1.29, 1.82) is 0 Å². The van der Waals surface area contributed by atoms with E-state index in [1.165, 1.54) is 23.3 Å². The van der Waals surface area contributed by atoms with Gasteiger partial charge in [-0.1, -0.05) is 36.4 Å². The Balaban J connectivity index is 1.51. The molecule has 1 aliphatic heterocycles. The molecule has 3 aromatic rings. The van der Waals surface area contributed by atoms with E-state index in [0.29, 0.717) is 25.9 Å². The van der Waals surface area contributed by atoms with Gasteiger partial charge < -0.3 is 10.2 Å². The smallest absolute Gasteiger partial charge is 0.123 e. The number of rotatable bonds is 7. The summed E-state index contributed by atoms with van der Waals surface area (Å²) >= 11 is 0. The Morgan fingerprint density at radius 3 is 2.43 bits per heavy atom. The highest BCUT2D eigenvalue weighted by Crippen LogP contribution is 2.35. The molecule has 0 aliphatic carbocycles. The van der Waals surface area contributed by atoms with E-state index in [2.05, 4.69) is 22.1 Å². The topological polar surface area (TPSA) is 61.5 Å². The number of aliphatic hydroxyl groups excluding tert-OH is 2. The van der Waals surface area contributed by atoms with Gasteiger partial charge in [0.1, 0.15) is 5.82 Å². The fourth-order valence-corrected chi connectivity index (χ4v) is 4.44. The number of nitrogens with zero attached hydrogens (tertiary/aromatic N) is 3. The number of hydrogen-bond donors (Lipinski definition) is 2. The van der Waals surface area contributed by atoms with Crippen molar-refractivity contribution in [2.24, 2.45) is 5.41 Å². The maximum atomic E-state index is 13.3. The van der Waals surface area contributed by atoms with Gasteiger partial charge in [-0.15, -0.1) is 0 Å². The van der Waals surface area contributed by atoms with Gasteiger partial charge in [0.15, 0.2) is 0 Å². The summed E-state index contributed by atoms with van der Waals surface area (Å²) in [5, 5.41) is 25.3. The van der Waals surface area contributed by atoms with Crippen molar-refractivity contribution >= 4 is 0 Å². The quantitative estimate of drug-likeness (QED) is 0.630. The lowest BCUT2D eigenvalue weighted by Crippen LogP contribution is -2.54. The van der Waals surface area contributed by atoms with Crippen molar-refractivity contribution in [2.45, 2.75) is 32.0 Å². The van der Waals surface area contributed by atoms with Gasteiger partial charge in [-0.05, 0) is 47.7 Å². The van der Waals surface area contributed by atoms with Crippen LogP contribution in [0.15, 0.2) is 67.0 Å². The number of likely N-dealkylation sites (tertiary alicyclic amines) is 1. The van der Waals surface area contributed by atoms with Crippen LogP contribution in [0, 0.1) is 11.2 Å². The molecule has 0 amide bonds. The summed E-state index contributed by atoms with van der Waals surface area (Å²) < 4.78 is 15.2. The van der Waals surface area contributed by atoms with Crippen LogP contribution >= 0.6 is 0 Å². The van der Waals surface area contributed by atoms with Gasteiger partial charge >= 0.3 is 0 Å². The van der Waals surface area contributed by atoms with E-state index in [0.717, 1.165) is 18.7 Å². The SMILES string of the molecule is OC[C@]1(Cc2ccc(F)cc2)CN(Cc2ccccc2Cn2cccn2)CC[C@@H]1O. The molecule has 2 aromatic carbocycles. The maximum Gasteiger partial charge on any atom is 0.123 e. The van der Waals surface area contributed by atoms with E-state index in [1.807, 2.05) is 29.1 Å². The summed E-state index contributed by atoms with van der Waals surface area (Å²) in [5.41, 5.74) is 2.69. The third-order valence-corrected chi connectivity index (χ3v) is 6.15. The summed E-state index contributed by atoms with van der Waals surface area (Å²) in [6.07, 6.45) is 4.25. The van der Waals surface area contributed by atoms with Crippen LogP contribution in [0.3, 0.4) is 0 Å². The second kappa shape index (κ2) is 9.08. The minimum absolute atomic E-state index is 0.114. The van der Waals surface area contributed by atoms with Crippen molar-refractivity contribution in [3.05, 3.63) is 89.5 Å². The van der Waals surface area contributed by atoms with Crippen LogP contribution < -0.4 is 0 Å². The molecule has 6 heteroatoms. The Bertz CT molecular complexity index is 945. The van der Waals surface area contributed by atoms with E-state index in [9.17, 15) is 14.6 Å². The summed E-state index contributed by atoms with van der Waals surface area (Å²) in [6.45, 7) is 2.69. The zero-order valence-electron chi connectivity index (χ0n) is 17.0. The van der Waals surface area contributed by atoms with Gasteiger partial charge in [-0.3, -0.25) is 9.58 Å². The van der Waals surface area contributed by atoms with E-state index in [-0.39, 0.29) is 12.4 Å². The first-order valence-electron chi connectivity index (χ1n) is 10.4. The van der Waals surface area contributed by atoms with Crippen molar-refractivity contribution in [3.63, 3.8) is 0 Å². The van der Waals surface area contributed by atoms with Crippen LogP contribution in [-0.4, -0.2) is 50.7 Å². The zero-order valence-corrected chi connectivity index (χ0v) is 17.0. The van der Waals surface area contributed by atoms with Crippen LogP contribution in [0.5, 0.6) is 0 Å². The second-order valence-electron chi connectivity index (χ2n) is 8.31. The van der Waals surface area contributed by atoms with Gasteiger partial charge in [0.25, 0.3) is 0 Å². The summed E-state index contributed by atoms with van der Waals surface area (Å²) in [7, 11) is 0. The number of aromatic nitrogens is 2. The Morgan fingerprint density at radius 2 is 1.77 bits per heavy atom. The molecule has 1 aromatic heterocycles. The molecular weight excluding hydrogens is 381 g/mol. The summed E-state index contributed by atoms with van der Waals surface area (Å²) in [4.78, 5) is 2.30. The van der Waals surface area contributed by atoms with E-state index in [1.54, 1.807) is 18.3 Å². The molecule has 0 bridgehead atoms. The average Bonchev–Trinajstić information content (AvgIpc) is 3.27. The average molecular weight is 410 g/mol. The summed E-state index contributed by atoms with van der Waals surface area (Å²) in [5.74, 6) is -0.281. The Kier molecular flexibility index (Phi) is 6.27. The minimum atomic E-state index is -0.660. The molecule has 0 radical (unpaired) electrons. The molecule has 0 unspecified atom stereocenters. The monoisotopic (exact) mass is 409 g/mol. The Morgan fingerprint density at radius 1 is 1.03 bits per heavy atom. The van der Waals surface area contributed by atoms with Crippen molar-refractivity contribution in [2.75, 3.05) is 19.7 Å². The van der Waals surface area contributed by atoms with Gasteiger partial charge in [0, 0.05) is 37.4 Å². The Labute approximate surface area is 176 Å². The molecule has 1 saturated heterocycles. The number of aliphatic hydroxyl groups is 2. The predicted octanol–water partition coefficient (Wildman–Crippen LogP) is 2.86. The molecule has 5 nitrogen and oxygen atoms in total. The second-order valence-corrected chi connectivity index (χ2v) is 8.31. The fraction of sp³-hybridized carbons (Fsp3) is 0.375. The third-order valence-electron chi connectivity index (χ3n) is 6.15. The van der Waals surface area contributed by atoms with Gasteiger partial charge in [0.05, 0.1) is 19.3 Å². The van der Waals surface area contributed by atoms with Crippen LogP contribution in [0.2, 0.25) is 0 Å². The van der Waals surface area contributed by atoms with Crippen LogP contribution in [0.25, 0.3) is 0 Å². The van der Waals surface area contributed by atoms with Crippen molar-refractivity contribution in [1.82, 2.24) is 14.7 Å². The molecule has 4 rings (SSSR count). The molecular formula is C24H28FN3O2. The van der Waals surface area contributed by atoms with Crippen LogP contribution in [0.4, 0.5) is 4.39 Å². The normalized spacial score (nSPS) is 22.3. The first kappa shape index (κ1) is 20.7. The highest BCUT2D eigenvalue weighted by Gasteiger charge is 2.42. The number of hydrogen-bond acceptors (Lipinski definition) is 4. The van der Waals surface area contributed by atoms with E-state index in [4.69, 9.17) is 0 Å². The van der Waals surface area contributed by atoms with Crippen LogP contribution in [-0.2, 0) is 19.5 Å². The molecule has 1 fully saturated rings. The highest BCUT2D eigenvalue weighted by molar-refractivity contribution is 5.27. The molecule has 0 saturated carbocycles. The molecule has 2 atom stereocenters. The highest BCUT2D eigenvalue weighted by atomic mass is 19.1. The molecule has 30 heavy (non-hydrogen) atoms. The molecule has 158 valence electrons. The minimum Gasteiger partial charge on any atom is -0.396 e. The fourth-order valence-electron chi connectivity index (χ4n) is 4.44. The maximum absolute atomic E-state index is 13.3. The van der Waals surface area contributed by atoms with Gasteiger partial charge in [0.2, 0.25) is 0 Å². The lowest BCUT2D eigenvalue weighted by Gasteiger charge is -2.45. The molecule has 1 aliphatic rings. The van der Waals surface area contributed by atoms with Crippen LogP contribution in [0.1, 0.15) is 23.1 Å². The van der Waals surface area contributed by atoms with E-state index >= 15 is 0 Å². The molecule has 2 heterocycles. The van der Waals surface area contributed by atoms with E-state index < -0.39 is 11.5 Å². The number of halogens is 1. The predicted molar refractivity (Wildman–Crippen MR) is 113 cm³/mol. The zero-order chi connectivity index (χ0) is 21.0. The van der Waals surface area contributed by atoms with Crippen molar-refractivity contribution < 1.29 is 14.6 Å². The summed E-state index contributed by atoms with van der Waals surface area (Å²) in [6, 6.07) is 16.6. The first-order chi connectivity index (χ1) is 14.6. The number of piperidine rings is 1. The van der Waals surface area contributed by atoms with Gasteiger partial charge in [-0.25, -0.2) is 4.39 Å². The Hall–Kier alpha value is -2.54. The first-order valence-corrected chi connectivity index (χ1v) is 10.4. The molecule has 2 N–H and O–H groups in total. The van der Waals surface area contributed by atoms with Gasteiger partial charge in [-0.2, -0.15) is 5.10 Å². The van der Waals surface area contributed by atoms with Crippen molar-refractivity contribution in [3.8, 4) is 0 Å². The number of benzene rings is 2. The standard InChI is InChI=1S/C24H28FN3O2/c25-22-8-6-19(7-9-22)14-24(18-29)17-27(13-10-23(24)30)15-20-4-1-2-5-21(20)16-28-12-3-11-26-28/h1-9,11-12,23,29-30H,10,13-18H2/t23-,24-/m0/s1.